The van der Waals surface area contributed by atoms with Crippen LogP contribution in [0.15, 0.2) is 70.5 Å². The van der Waals surface area contributed by atoms with Crippen LogP contribution < -0.4 is 0 Å². The van der Waals surface area contributed by atoms with Crippen LogP contribution in [0.5, 0.6) is 0 Å². The van der Waals surface area contributed by atoms with E-state index in [2.05, 4.69) is 0 Å². The van der Waals surface area contributed by atoms with Crippen molar-refractivity contribution >= 4 is 31.4 Å². The molecule has 1 aliphatic rings. The summed E-state index contributed by atoms with van der Waals surface area (Å²) in [5.41, 5.74) is -1.82. The molecule has 1 aliphatic carbocycles. The fraction of sp³-hybridized carbons (Fsp3) is 0.364. The highest BCUT2D eigenvalue weighted by atomic mass is 32.3. The van der Waals surface area contributed by atoms with Crippen molar-refractivity contribution in [2.75, 3.05) is 7.11 Å². The van der Waals surface area contributed by atoms with Crippen molar-refractivity contribution in [1.29, 1.82) is 0 Å². The van der Waals surface area contributed by atoms with E-state index >= 15 is 0 Å². The quantitative estimate of drug-likeness (QED) is 0.457. The van der Waals surface area contributed by atoms with Gasteiger partial charge in [0.1, 0.15) is 11.2 Å². The van der Waals surface area contributed by atoms with Gasteiger partial charge >= 0.3 is 5.97 Å². The summed E-state index contributed by atoms with van der Waals surface area (Å²) in [6.45, 7) is 0. The van der Waals surface area contributed by atoms with E-state index < -0.39 is 47.8 Å². The van der Waals surface area contributed by atoms with Crippen LogP contribution in [0.25, 0.3) is 0 Å². The number of methoxy groups -OCH3 is 1. The second-order valence-corrected chi connectivity index (χ2v) is 12.1. The number of rotatable bonds is 7. The van der Waals surface area contributed by atoms with Crippen LogP contribution >= 0.6 is 0 Å². The molecule has 0 unspecified atom stereocenters. The van der Waals surface area contributed by atoms with Crippen LogP contribution in [0.2, 0.25) is 0 Å². The van der Waals surface area contributed by atoms with E-state index in [4.69, 9.17) is 4.74 Å². The van der Waals surface area contributed by atoms with E-state index in [0.29, 0.717) is 12.8 Å². The molecule has 0 aromatic heterocycles. The lowest BCUT2D eigenvalue weighted by atomic mass is 9.71. The summed E-state index contributed by atoms with van der Waals surface area (Å²) in [4.78, 5) is 25.2. The molecule has 0 aliphatic heterocycles. The normalized spacial score (nSPS) is 19.9. The Morgan fingerprint density at radius 3 is 1.81 bits per heavy atom. The monoisotopic (exact) mass is 464 g/mol. The lowest BCUT2D eigenvalue weighted by Gasteiger charge is -2.35. The molecule has 3 rings (SSSR count). The molecule has 0 saturated heterocycles. The molecule has 0 spiro atoms. The number of esters is 1. The largest absolute Gasteiger partial charge is 0.468 e. The van der Waals surface area contributed by atoms with Crippen molar-refractivity contribution < 1.29 is 31.2 Å². The number of benzene rings is 2. The van der Waals surface area contributed by atoms with E-state index in [-0.39, 0.29) is 22.6 Å². The Balaban J connectivity index is 2.21. The first-order chi connectivity index (χ1) is 14.7. The van der Waals surface area contributed by atoms with Crippen LogP contribution in [0.3, 0.4) is 0 Å². The molecular weight excluding hydrogens is 440 g/mol. The van der Waals surface area contributed by atoms with E-state index in [1.807, 2.05) is 0 Å². The number of sulfone groups is 2. The Labute approximate surface area is 182 Å². The SMILES string of the molecule is COC(=O)[C@@]1(CC(S(=O)(=O)c2ccccc2)S(=O)(=O)c2ccccc2)CCCCC1=O. The lowest BCUT2D eigenvalue weighted by Crippen LogP contribution is -2.48. The predicted molar refractivity (Wildman–Crippen MR) is 114 cm³/mol. The molecule has 0 bridgehead atoms. The third kappa shape index (κ3) is 4.29. The summed E-state index contributed by atoms with van der Waals surface area (Å²) in [6, 6.07) is 14.4. The van der Waals surface area contributed by atoms with Crippen molar-refractivity contribution in [3.05, 3.63) is 60.7 Å². The number of ether oxygens (including phenoxy) is 1. The van der Waals surface area contributed by atoms with Gasteiger partial charge in [-0.15, -0.1) is 0 Å². The summed E-state index contributed by atoms with van der Waals surface area (Å²) in [6.07, 6.45) is 0.471. The first kappa shape index (κ1) is 23.1. The fourth-order valence-corrected chi connectivity index (χ4v) is 8.68. The smallest absolute Gasteiger partial charge is 0.319 e. The van der Waals surface area contributed by atoms with E-state index in [1.165, 1.54) is 48.5 Å². The summed E-state index contributed by atoms with van der Waals surface area (Å²) in [5.74, 6) is -1.38. The first-order valence-electron chi connectivity index (χ1n) is 9.86. The molecule has 9 heteroatoms. The number of hydrogen-bond acceptors (Lipinski definition) is 7. The third-order valence-corrected chi connectivity index (χ3v) is 10.8. The van der Waals surface area contributed by atoms with Crippen molar-refractivity contribution in [2.24, 2.45) is 5.41 Å². The number of ketones is 1. The van der Waals surface area contributed by atoms with Gasteiger partial charge in [0, 0.05) is 12.8 Å². The number of carbonyl (C=O) groups excluding carboxylic acids is 2. The molecule has 0 radical (unpaired) electrons. The predicted octanol–water partition coefficient (Wildman–Crippen LogP) is 2.95. The average molecular weight is 465 g/mol. The van der Waals surface area contributed by atoms with Gasteiger partial charge in [-0.05, 0) is 37.1 Å². The van der Waals surface area contributed by atoms with E-state index in [9.17, 15) is 26.4 Å². The van der Waals surface area contributed by atoms with Gasteiger partial charge in [0.25, 0.3) is 0 Å². The zero-order chi connectivity index (χ0) is 22.7. The third-order valence-electron chi connectivity index (χ3n) is 5.72. The maximum atomic E-state index is 13.5. The van der Waals surface area contributed by atoms with Crippen LogP contribution in [0.1, 0.15) is 32.1 Å². The maximum Gasteiger partial charge on any atom is 0.319 e. The molecular formula is C22H24O7S2. The minimum absolute atomic E-state index is 0.0453. The summed E-state index contributed by atoms with van der Waals surface area (Å²) < 4.78 is 57.0. The van der Waals surface area contributed by atoms with E-state index in [1.54, 1.807) is 12.1 Å². The van der Waals surface area contributed by atoms with E-state index in [0.717, 1.165) is 7.11 Å². The van der Waals surface area contributed by atoms with Crippen molar-refractivity contribution in [1.82, 2.24) is 0 Å². The molecule has 0 amide bonds. The molecule has 1 fully saturated rings. The summed E-state index contributed by atoms with van der Waals surface area (Å²) >= 11 is 0. The van der Waals surface area contributed by atoms with Crippen LogP contribution in [-0.2, 0) is 34.0 Å². The van der Waals surface area contributed by atoms with Gasteiger partial charge in [-0.3, -0.25) is 9.59 Å². The summed E-state index contributed by atoms with van der Waals surface area (Å²) in [5, 5.41) is 0. The molecule has 7 nitrogen and oxygen atoms in total. The van der Waals surface area contributed by atoms with Crippen molar-refractivity contribution in [3.63, 3.8) is 0 Å². The van der Waals surface area contributed by atoms with Gasteiger partial charge < -0.3 is 4.74 Å². The molecule has 0 heterocycles. The van der Waals surface area contributed by atoms with Gasteiger partial charge in [-0.2, -0.15) is 0 Å². The first-order valence-corrected chi connectivity index (χ1v) is 12.9. The zero-order valence-corrected chi connectivity index (χ0v) is 18.7. The maximum absolute atomic E-state index is 13.5. The Morgan fingerprint density at radius 1 is 0.903 bits per heavy atom. The molecule has 2 aromatic carbocycles. The van der Waals surface area contributed by atoms with Crippen LogP contribution in [-0.4, -0.2) is 40.3 Å². The second-order valence-electron chi connectivity index (χ2n) is 7.55. The minimum atomic E-state index is -4.46. The highest BCUT2D eigenvalue weighted by Crippen LogP contribution is 2.43. The van der Waals surface area contributed by atoms with Gasteiger partial charge in [-0.1, -0.05) is 42.8 Å². The van der Waals surface area contributed by atoms with Crippen molar-refractivity contribution in [2.45, 2.75) is 46.5 Å². The van der Waals surface area contributed by atoms with Crippen molar-refractivity contribution in [3.8, 4) is 0 Å². The molecule has 166 valence electrons. The molecule has 1 atom stereocenters. The fourth-order valence-electron chi connectivity index (χ4n) is 4.00. The number of hydrogen-bond donors (Lipinski definition) is 0. The van der Waals surface area contributed by atoms with Gasteiger partial charge in [0.2, 0.25) is 0 Å². The van der Waals surface area contributed by atoms with Crippen LogP contribution in [0, 0.1) is 5.41 Å². The average Bonchev–Trinajstić information content (AvgIpc) is 2.79. The zero-order valence-electron chi connectivity index (χ0n) is 17.1. The second kappa shape index (κ2) is 8.92. The molecule has 2 aromatic rings. The molecule has 1 saturated carbocycles. The van der Waals surface area contributed by atoms with Gasteiger partial charge in [0.05, 0.1) is 16.9 Å². The molecule has 0 N–H and O–H groups in total. The minimum Gasteiger partial charge on any atom is -0.468 e. The van der Waals surface area contributed by atoms with Gasteiger partial charge in [0.15, 0.2) is 24.3 Å². The van der Waals surface area contributed by atoms with Gasteiger partial charge in [-0.25, -0.2) is 16.8 Å². The Hall–Kier alpha value is -2.52. The number of Topliss-reactive ketones (excluding diaryl/α,β-unsaturated/α-hetero) is 1. The highest BCUT2D eigenvalue weighted by molar-refractivity contribution is 8.09. The Bertz CT molecular complexity index is 1080. The Kier molecular flexibility index (Phi) is 6.66. The molecule has 31 heavy (non-hydrogen) atoms. The Morgan fingerprint density at radius 2 is 1.39 bits per heavy atom. The standard InChI is InChI=1S/C22H24O7S2/c1-29-21(24)22(15-9-8-14-19(22)23)16-20(30(25,26)17-10-4-2-5-11-17)31(27,28)18-12-6-3-7-13-18/h2-7,10-13,20H,8-9,14-16H2,1H3/t22-/m1/s1. The topological polar surface area (TPSA) is 112 Å². The highest BCUT2D eigenvalue weighted by Gasteiger charge is 2.54. The lowest BCUT2D eigenvalue weighted by molar-refractivity contribution is -0.160. The number of carbonyl (C=O) groups is 2. The van der Waals surface area contributed by atoms with Crippen LogP contribution in [0.4, 0.5) is 0 Å². The summed E-state index contributed by atoms with van der Waals surface area (Å²) in [7, 11) is -7.81.